The Labute approximate surface area is 254 Å². The molecule has 1 heterocycles. The Morgan fingerprint density at radius 1 is 0.909 bits per heavy atom. The molecular formula is C33H21ClF2N4O4. The van der Waals surface area contributed by atoms with Gasteiger partial charge in [0.15, 0.2) is 0 Å². The van der Waals surface area contributed by atoms with Crippen molar-refractivity contribution in [3.8, 4) is 17.2 Å². The minimum absolute atomic E-state index is 0.245. The number of amides is 2. The number of carbonyl (C=O) groups is 3. The zero-order valence-electron chi connectivity index (χ0n) is 22.6. The predicted molar refractivity (Wildman–Crippen MR) is 160 cm³/mol. The van der Waals surface area contributed by atoms with Gasteiger partial charge in [-0.3, -0.25) is 14.6 Å². The Balaban J connectivity index is 1.40. The van der Waals surface area contributed by atoms with Gasteiger partial charge in [-0.2, -0.15) is 5.26 Å². The van der Waals surface area contributed by atoms with Gasteiger partial charge in [0.1, 0.15) is 23.2 Å². The number of anilines is 1. The van der Waals surface area contributed by atoms with Crippen LogP contribution in [0, 0.1) is 23.0 Å². The van der Waals surface area contributed by atoms with Crippen LogP contribution in [0.25, 0.3) is 22.0 Å². The topological polar surface area (TPSA) is 132 Å². The Bertz CT molecular complexity index is 1960. The molecule has 5 aromatic rings. The van der Waals surface area contributed by atoms with Gasteiger partial charge in [0.25, 0.3) is 11.8 Å². The third-order valence-corrected chi connectivity index (χ3v) is 7.15. The molecule has 3 N–H and O–H groups in total. The van der Waals surface area contributed by atoms with Gasteiger partial charge in [-0.25, -0.2) is 13.6 Å². The third-order valence-electron chi connectivity index (χ3n) is 6.84. The summed E-state index contributed by atoms with van der Waals surface area (Å²) in [6, 6.07) is 21.6. The van der Waals surface area contributed by atoms with E-state index in [-0.39, 0.29) is 12.0 Å². The van der Waals surface area contributed by atoms with Crippen molar-refractivity contribution in [1.29, 1.82) is 5.26 Å². The number of aromatic nitrogens is 1. The first kappa shape index (κ1) is 29.8. The highest BCUT2D eigenvalue weighted by molar-refractivity contribution is 6.33. The van der Waals surface area contributed by atoms with Gasteiger partial charge in [0, 0.05) is 45.4 Å². The second-order valence-corrected chi connectivity index (χ2v) is 10.1. The van der Waals surface area contributed by atoms with Crippen molar-refractivity contribution >= 4 is 46.0 Å². The van der Waals surface area contributed by atoms with Gasteiger partial charge < -0.3 is 15.7 Å². The number of nitriles is 1. The summed E-state index contributed by atoms with van der Waals surface area (Å²) in [5, 5.41) is 24.6. The van der Waals surface area contributed by atoms with E-state index in [1.807, 2.05) is 6.07 Å². The molecule has 0 aliphatic heterocycles. The summed E-state index contributed by atoms with van der Waals surface area (Å²) in [5.41, 5.74) is 1.62. The van der Waals surface area contributed by atoms with E-state index in [4.69, 9.17) is 16.9 Å². The van der Waals surface area contributed by atoms with Crippen molar-refractivity contribution < 1.29 is 28.3 Å². The largest absolute Gasteiger partial charge is 0.480 e. The fourth-order valence-corrected chi connectivity index (χ4v) is 5.01. The standard InChI is InChI=1S/C33H21ClF2N4O4/c34-25-13-18(17-37)8-10-23(25)24-11-9-19(22-7-4-12-38-30(22)24)16-28(33(43)44)40-32(42)29-26(35)14-20(15-27(29)36)31(41)39-21-5-2-1-3-6-21/h1-15,28H,16H2,(H,39,41)(H,40,42)(H,43,44)/t28-/m0/s1. The van der Waals surface area contributed by atoms with Crippen LogP contribution < -0.4 is 10.6 Å². The number of para-hydroxylation sites is 1. The number of pyridine rings is 1. The van der Waals surface area contributed by atoms with Crippen molar-refractivity contribution in [3.63, 3.8) is 0 Å². The van der Waals surface area contributed by atoms with E-state index in [9.17, 15) is 28.3 Å². The fraction of sp³-hybridized carbons (Fsp3) is 0.0606. The monoisotopic (exact) mass is 610 g/mol. The lowest BCUT2D eigenvalue weighted by atomic mass is 9.94. The fourth-order valence-electron chi connectivity index (χ4n) is 4.73. The number of hydrogen-bond acceptors (Lipinski definition) is 5. The Morgan fingerprint density at radius 3 is 2.27 bits per heavy atom. The quantitative estimate of drug-likeness (QED) is 0.187. The first-order valence-electron chi connectivity index (χ1n) is 13.1. The number of rotatable bonds is 8. The lowest BCUT2D eigenvalue weighted by Gasteiger charge is -2.18. The Hall–Kier alpha value is -5.66. The minimum atomic E-state index is -1.57. The van der Waals surface area contributed by atoms with Gasteiger partial charge in [-0.1, -0.05) is 54.1 Å². The van der Waals surface area contributed by atoms with Crippen LogP contribution in [0.5, 0.6) is 0 Å². The lowest BCUT2D eigenvalue weighted by Crippen LogP contribution is -2.43. The molecule has 0 spiro atoms. The average Bonchev–Trinajstić information content (AvgIpc) is 3.01. The molecule has 0 aliphatic rings. The van der Waals surface area contributed by atoms with E-state index >= 15 is 0 Å². The van der Waals surface area contributed by atoms with Crippen LogP contribution >= 0.6 is 11.6 Å². The zero-order chi connectivity index (χ0) is 31.4. The van der Waals surface area contributed by atoms with Crippen LogP contribution in [0.4, 0.5) is 14.5 Å². The number of nitrogens with one attached hydrogen (secondary N) is 2. The van der Waals surface area contributed by atoms with Crippen LogP contribution in [0.3, 0.4) is 0 Å². The predicted octanol–water partition coefficient (Wildman–Crippen LogP) is 6.38. The molecule has 0 unspecified atom stereocenters. The normalized spacial score (nSPS) is 11.4. The van der Waals surface area contributed by atoms with Crippen LogP contribution in [0.2, 0.25) is 5.02 Å². The second kappa shape index (κ2) is 12.7. The van der Waals surface area contributed by atoms with E-state index in [2.05, 4.69) is 15.6 Å². The van der Waals surface area contributed by atoms with Crippen molar-refractivity contribution in [1.82, 2.24) is 10.3 Å². The van der Waals surface area contributed by atoms with Gasteiger partial charge in [0.2, 0.25) is 0 Å². The van der Waals surface area contributed by atoms with Crippen molar-refractivity contribution in [3.05, 3.63) is 130 Å². The first-order valence-corrected chi connectivity index (χ1v) is 13.5. The van der Waals surface area contributed by atoms with Crippen LogP contribution in [-0.2, 0) is 11.2 Å². The molecule has 4 aromatic carbocycles. The maximum Gasteiger partial charge on any atom is 0.326 e. The molecule has 44 heavy (non-hydrogen) atoms. The highest BCUT2D eigenvalue weighted by Gasteiger charge is 2.27. The molecule has 218 valence electrons. The number of hydrogen-bond donors (Lipinski definition) is 3. The third kappa shape index (κ3) is 6.23. The molecule has 1 atom stereocenters. The summed E-state index contributed by atoms with van der Waals surface area (Å²) in [7, 11) is 0. The molecule has 0 saturated carbocycles. The Morgan fingerprint density at radius 2 is 1.61 bits per heavy atom. The number of halogens is 3. The van der Waals surface area contributed by atoms with Crippen LogP contribution in [0.1, 0.15) is 31.8 Å². The molecule has 0 fully saturated rings. The molecule has 8 nitrogen and oxygen atoms in total. The molecule has 11 heteroatoms. The van der Waals surface area contributed by atoms with Crippen molar-refractivity contribution in [2.45, 2.75) is 12.5 Å². The summed E-state index contributed by atoms with van der Waals surface area (Å²) in [6.45, 7) is 0. The summed E-state index contributed by atoms with van der Waals surface area (Å²) in [4.78, 5) is 42.1. The van der Waals surface area contributed by atoms with E-state index in [0.29, 0.717) is 56.0 Å². The molecule has 0 bridgehead atoms. The van der Waals surface area contributed by atoms with Crippen molar-refractivity contribution in [2.75, 3.05) is 5.32 Å². The van der Waals surface area contributed by atoms with E-state index in [0.717, 1.165) is 0 Å². The lowest BCUT2D eigenvalue weighted by molar-refractivity contribution is -0.139. The molecule has 0 radical (unpaired) electrons. The number of aliphatic carboxylic acids is 1. The summed E-state index contributed by atoms with van der Waals surface area (Å²) < 4.78 is 29.9. The first-order chi connectivity index (χ1) is 21.2. The SMILES string of the molecule is N#Cc1ccc(-c2ccc(C[C@H](NC(=O)c3c(F)cc(C(=O)Nc4ccccc4)cc3F)C(=O)O)c3cccnc23)c(Cl)c1. The highest BCUT2D eigenvalue weighted by atomic mass is 35.5. The van der Waals surface area contributed by atoms with Crippen molar-refractivity contribution in [2.24, 2.45) is 0 Å². The van der Waals surface area contributed by atoms with E-state index < -0.39 is 41.0 Å². The number of carbonyl (C=O) groups excluding carboxylic acids is 2. The number of nitrogens with zero attached hydrogens (tertiary/aromatic N) is 2. The average molecular weight is 611 g/mol. The smallest absolute Gasteiger partial charge is 0.326 e. The van der Waals surface area contributed by atoms with Gasteiger partial charge in [0.05, 0.1) is 17.1 Å². The maximum atomic E-state index is 15.0. The molecule has 0 saturated heterocycles. The van der Waals surface area contributed by atoms with Gasteiger partial charge in [-0.05, 0) is 48.0 Å². The molecule has 5 rings (SSSR count). The zero-order valence-corrected chi connectivity index (χ0v) is 23.4. The molecule has 2 amide bonds. The van der Waals surface area contributed by atoms with Gasteiger partial charge >= 0.3 is 5.97 Å². The summed E-state index contributed by atoms with van der Waals surface area (Å²) in [6.07, 6.45) is 1.31. The molecular weight excluding hydrogens is 590 g/mol. The number of benzene rings is 4. The van der Waals surface area contributed by atoms with Crippen LogP contribution in [0.15, 0.2) is 91.1 Å². The highest BCUT2D eigenvalue weighted by Crippen LogP contribution is 2.35. The maximum absolute atomic E-state index is 15.0. The van der Waals surface area contributed by atoms with Gasteiger partial charge in [-0.15, -0.1) is 0 Å². The molecule has 1 aromatic heterocycles. The summed E-state index contributed by atoms with van der Waals surface area (Å²) in [5.74, 6) is -6.19. The molecule has 0 aliphatic carbocycles. The van der Waals surface area contributed by atoms with E-state index in [1.165, 1.54) is 6.07 Å². The summed E-state index contributed by atoms with van der Waals surface area (Å²) >= 11 is 6.43. The number of fused-ring (bicyclic) bond motifs is 1. The number of carboxylic acid groups (broad SMARTS) is 1. The minimum Gasteiger partial charge on any atom is -0.480 e. The van der Waals surface area contributed by atoms with E-state index in [1.54, 1.807) is 72.9 Å². The van der Waals surface area contributed by atoms with Crippen LogP contribution in [-0.4, -0.2) is 33.9 Å². The number of carboxylic acids is 1. The second-order valence-electron chi connectivity index (χ2n) is 9.68. The Kier molecular flexibility index (Phi) is 8.60.